The first-order valence-electron chi connectivity index (χ1n) is 3.32. The summed E-state index contributed by atoms with van der Waals surface area (Å²) in [5.74, 6) is 0. The lowest BCUT2D eigenvalue weighted by molar-refractivity contribution is 0.158. The van der Waals surface area contributed by atoms with Crippen LogP contribution in [0.2, 0.25) is 0 Å². The van der Waals surface area contributed by atoms with E-state index in [1.807, 2.05) is 6.08 Å². The molecule has 0 amide bonds. The van der Waals surface area contributed by atoms with Gasteiger partial charge in [0.15, 0.2) is 0 Å². The van der Waals surface area contributed by atoms with Crippen LogP contribution in [0.5, 0.6) is 0 Å². The van der Waals surface area contributed by atoms with Crippen LogP contribution < -0.4 is 0 Å². The van der Waals surface area contributed by atoms with Gasteiger partial charge in [0.05, 0.1) is 0 Å². The Kier molecular flexibility index (Phi) is 2.06. The Bertz CT molecular complexity index is 136. The summed E-state index contributed by atoms with van der Waals surface area (Å²) < 4.78 is 0. The first kappa shape index (κ1) is 6.56. The van der Waals surface area contributed by atoms with Gasteiger partial charge in [-0.05, 0) is 24.8 Å². The van der Waals surface area contributed by atoms with Crippen LogP contribution in [0.4, 0.5) is 0 Å². The maximum absolute atomic E-state index is 10.9. The Morgan fingerprint density at radius 3 is 3.00 bits per heavy atom. The summed E-state index contributed by atoms with van der Waals surface area (Å²) in [7, 11) is 0. The quantitative estimate of drug-likeness (QED) is 0.501. The zero-order valence-corrected chi connectivity index (χ0v) is 5.47. The summed E-state index contributed by atoms with van der Waals surface area (Å²) >= 11 is 0. The lowest BCUT2D eigenvalue weighted by Gasteiger charge is -2.00. The molecule has 0 aromatic heterocycles. The third-order valence-electron chi connectivity index (χ3n) is 1.66. The van der Waals surface area contributed by atoms with E-state index >= 15 is 0 Å². The van der Waals surface area contributed by atoms with Crippen molar-refractivity contribution in [2.24, 2.45) is 0 Å². The Morgan fingerprint density at radius 1 is 1.78 bits per heavy atom. The highest BCUT2D eigenvalue weighted by Gasteiger charge is 2.11. The maximum atomic E-state index is 10.9. The van der Waals surface area contributed by atoms with Crippen molar-refractivity contribution in [3.05, 3.63) is 24.3 Å². The highest BCUT2D eigenvalue weighted by molar-refractivity contribution is 5.16. The molecule has 0 aromatic rings. The SMILES string of the molecule is C=CC([O])C1=CCCC1. The van der Waals surface area contributed by atoms with Crippen LogP contribution in [0.1, 0.15) is 19.3 Å². The van der Waals surface area contributed by atoms with Crippen LogP contribution in [0, 0.1) is 0 Å². The third-order valence-corrected chi connectivity index (χ3v) is 1.66. The molecule has 0 heterocycles. The number of hydrogen-bond acceptors (Lipinski definition) is 0. The van der Waals surface area contributed by atoms with Crippen LogP contribution in [0.15, 0.2) is 24.3 Å². The lowest BCUT2D eigenvalue weighted by atomic mass is 10.1. The Balaban J connectivity index is 2.50. The van der Waals surface area contributed by atoms with Gasteiger partial charge in [0.25, 0.3) is 0 Å². The van der Waals surface area contributed by atoms with Gasteiger partial charge in [-0.3, -0.25) is 0 Å². The molecule has 1 nitrogen and oxygen atoms in total. The van der Waals surface area contributed by atoms with Gasteiger partial charge in [0, 0.05) is 0 Å². The molecule has 1 unspecified atom stereocenters. The normalized spacial score (nSPS) is 21.2. The first-order chi connectivity index (χ1) is 4.34. The molecule has 1 aliphatic rings. The second kappa shape index (κ2) is 2.83. The highest BCUT2D eigenvalue weighted by Crippen LogP contribution is 2.21. The van der Waals surface area contributed by atoms with E-state index in [4.69, 9.17) is 0 Å². The molecule has 1 atom stereocenters. The van der Waals surface area contributed by atoms with E-state index in [0.717, 1.165) is 24.8 Å². The van der Waals surface area contributed by atoms with Gasteiger partial charge >= 0.3 is 0 Å². The van der Waals surface area contributed by atoms with Gasteiger partial charge in [-0.1, -0.05) is 12.2 Å². The van der Waals surface area contributed by atoms with Gasteiger partial charge in [0.1, 0.15) is 6.10 Å². The molecule has 0 spiro atoms. The van der Waals surface area contributed by atoms with E-state index in [1.54, 1.807) is 0 Å². The average Bonchev–Trinajstić information content (AvgIpc) is 2.37. The number of hydrogen-bond donors (Lipinski definition) is 0. The second-order valence-electron chi connectivity index (χ2n) is 2.33. The second-order valence-corrected chi connectivity index (χ2v) is 2.33. The standard InChI is InChI=1S/C8H11O/c1-2-8(9)7-5-3-4-6-7/h2,5,8H,1,3-4,6H2. The summed E-state index contributed by atoms with van der Waals surface area (Å²) in [5.41, 5.74) is 1.03. The molecule has 1 heteroatoms. The third kappa shape index (κ3) is 1.42. The largest absolute Gasteiger partial charge is 0.224 e. The van der Waals surface area contributed by atoms with Crippen molar-refractivity contribution in [3.8, 4) is 0 Å². The predicted octanol–water partition coefficient (Wildman–Crippen LogP) is 2.08. The highest BCUT2D eigenvalue weighted by atomic mass is 16.3. The molecule has 0 aromatic carbocycles. The monoisotopic (exact) mass is 123 g/mol. The van der Waals surface area contributed by atoms with Gasteiger partial charge in [-0.2, -0.15) is 0 Å². The topological polar surface area (TPSA) is 19.9 Å². The van der Waals surface area contributed by atoms with Crippen molar-refractivity contribution in [2.75, 3.05) is 0 Å². The zero-order chi connectivity index (χ0) is 6.69. The molecule has 0 N–H and O–H groups in total. The fourth-order valence-corrected chi connectivity index (χ4v) is 1.11. The average molecular weight is 123 g/mol. The summed E-state index contributed by atoms with van der Waals surface area (Å²) in [5, 5.41) is 10.9. The molecule has 0 saturated carbocycles. The van der Waals surface area contributed by atoms with E-state index < -0.39 is 6.10 Å². The minimum absolute atomic E-state index is 0.632. The minimum atomic E-state index is -0.632. The van der Waals surface area contributed by atoms with Crippen LogP contribution in [0.25, 0.3) is 0 Å². The van der Waals surface area contributed by atoms with E-state index in [2.05, 4.69) is 6.58 Å². The van der Waals surface area contributed by atoms with Crippen LogP contribution >= 0.6 is 0 Å². The smallest absolute Gasteiger partial charge is 0.132 e. The van der Waals surface area contributed by atoms with E-state index in [-0.39, 0.29) is 0 Å². The molecular formula is C8H11O. The van der Waals surface area contributed by atoms with Gasteiger partial charge in [0.2, 0.25) is 0 Å². The van der Waals surface area contributed by atoms with Crippen molar-refractivity contribution < 1.29 is 5.11 Å². The van der Waals surface area contributed by atoms with Crippen molar-refractivity contribution in [3.63, 3.8) is 0 Å². The van der Waals surface area contributed by atoms with Crippen molar-refractivity contribution in [2.45, 2.75) is 25.4 Å². The maximum Gasteiger partial charge on any atom is 0.132 e. The van der Waals surface area contributed by atoms with Gasteiger partial charge in [-0.25, -0.2) is 5.11 Å². The summed E-state index contributed by atoms with van der Waals surface area (Å²) in [4.78, 5) is 0. The molecule has 1 radical (unpaired) electrons. The molecule has 9 heavy (non-hydrogen) atoms. The molecule has 0 saturated heterocycles. The Hall–Kier alpha value is -0.560. The van der Waals surface area contributed by atoms with Gasteiger partial charge < -0.3 is 0 Å². The summed E-state index contributed by atoms with van der Waals surface area (Å²) in [6, 6.07) is 0. The molecule has 0 bridgehead atoms. The molecule has 0 aliphatic heterocycles. The Morgan fingerprint density at radius 2 is 2.56 bits per heavy atom. The predicted molar refractivity (Wildman–Crippen MR) is 36.6 cm³/mol. The summed E-state index contributed by atoms with van der Waals surface area (Å²) in [6.45, 7) is 3.45. The van der Waals surface area contributed by atoms with E-state index in [9.17, 15) is 5.11 Å². The van der Waals surface area contributed by atoms with Crippen LogP contribution in [0.3, 0.4) is 0 Å². The lowest BCUT2D eigenvalue weighted by Crippen LogP contribution is -2.00. The number of allylic oxidation sites excluding steroid dienone is 1. The minimum Gasteiger partial charge on any atom is -0.224 e. The number of rotatable bonds is 2. The Labute approximate surface area is 55.7 Å². The molecular weight excluding hydrogens is 112 g/mol. The van der Waals surface area contributed by atoms with E-state index in [0.29, 0.717) is 0 Å². The van der Waals surface area contributed by atoms with Crippen molar-refractivity contribution in [1.82, 2.24) is 0 Å². The van der Waals surface area contributed by atoms with Gasteiger partial charge in [-0.15, -0.1) is 6.58 Å². The van der Waals surface area contributed by atoms with Crippen LogP contribution in [-0.2, 0) is 5.11 Å². The van der Waals surface area contributed by atoms with Crippen molar-refractivity contribution >= 4 is 0 Å². The molecule has 49 valence electrons. The zero-order valence-electron chi connectivity index (χ0n) is 5.47. The van der Waals surface area contributed by atoms with E-state index in [1.165, 1.54) is 6.08 Å². The molecule has 1 aliphatic carbocycles. The fourth-order valence-electron chi connectivity index (χ4n) is 1.11. The first-order valence-corrected chi connectivity index (χ1v) is 3.32. The molecule has 1 rings (SSSR count). The van der Waals surface area contributed by atoms with Crippen LogP contribution in [-0.4, -0.2) is 6.10 Å². The fraction of sp³-hybridized carbons (Fsp3) is 0.500. The van der Waals surface area contributed by atoms with Crippen molar-refractivity contribution in [1.29, 1.82) is 0 Å². The summed E-state index contributed by atoms with van der Waals surface area (Å²) in [6.07, 6.45) is 6.10. The molecule has 0 fully saturated rings.